The first kappa shape index (κ1) is 19.1. The predicted octanol–water partition coefficient (Wildman–Crippen LogP) is 3.78. The molecule has 7 heteroatoms. The Morgan fingerprint density at radius 1 is 1.25 bits per heavy atom. The average molecular weight is 443 g/mol. The molecule has 1 N–H and O–H groups in total. The maximum Gasteiger partial charge on any atom is 0.252 e. The van der Waals surface area contributed by atoms with Gasteiger partial charge in [-0.25, -0.2) is 4.98 Å². The van der Waals surface area contributed by atoms with E-state index in [2.05, 4.69) is 43.5 Å². The van der Waals surface area contributed by atoms with Crippen molar-refractivity contribution >= 4 is 32.9 Å². The SMILES string of the molecule is Cc1cc(C(=O)NC2(c3cccc(Br)c3)CCOCC2)c2c(C)nn(C)c2n1. The average Bonchev–Trinajstić information content (AvgIpc) is 2.95. The molecule has 0 aliphatic carbocycles. The molecule has 1 saturated heterocycles. The Labute approximate surface area is 172 Å². The first-order valence-corrected chi connectivity index (χ1v) is 10.2. The summed E-state index contributed by atoms with van der Waals surface area (Å²) in [4.78, 5) is 18.0. The van der Waals surface area contributed by atoms with Crippen LogP contribution in [-0.2, 0) is 17.3 Å². The van der Waals surface area contributed by atoms with E-state index in [4.69, 9.17) is 4.74 Å². The number of fused-ring (bicyclic) bond motifs is 1. The fraction of sp³-hybridized carbons (Fsp3) is 0.381. The van der Waals surface area contributed by atoms with E-state index in [-0.39, 0.29) is 5.91 Å². The van der Waals surface area contributed by atoms with Crippen LogP contribution in [0.25, 0.3) is 11.0 Å². The molecular formula is C21H23BrN4O2. The Morgan fingerprint density at radius 2 is 2.00 bits per heavy atom. The molecule has 1 aliphatic rings. The Bertz CT molecular complexity index is 1050. The lowest BCUT2D eigenvalue weighted by molar-refractivity contribution is 0.0345. The largest absolute Gasteiger partial charge is 0.381 e. The minimum absolute atomic E-state index is 0.103. The summed E-state index contributed by atoms with van der Waals surface area (Å²) < 4.78 is 8.31. The molecule has 1 aromatic carbocycles. The van der Waals surface area contributed by atoms with Crippen LogP contribution in [0.4, 0.5) is 0 Å². The number of nitrogens with one attached hydrogen (secondary N) is 1. The zero-order valence-electron chi connectivity index (χ0n) is 16.3. The Balaban J connectivity index is 1.78. The number of hydrogen-bond donors (Lipinski definition) is 1. The zero-order valence-corrected chi connectivity index (χ0v) is 17.8. The van der Waals surface area contributed by atoms with E-state index in [0.29, 0.717) is 18.8 Å². The van der Waals surface area contributed by atoms with E-state index < -0.39 is 5.54 Å². The second-order valence-corrected chi connectivity index (χ2v) is 8.29. The number of carbonyl (C=O) groups is 1. The van der Waals surface area contributed by atoms with Crippen LogP contribution in [0.3, 0.4) is 0 Å². The van der Waals surface area contributed by atoms with Gasteiger partial charge in [0.15, 0.2) is 5.65 Å². The van der Waals surface area contributed by atoms with Crippen molar-refractivity contribution in [2.24, 2.45) is 7.05 Å². The van der Waals surface area contributed by atoms with Crippen molar-refractivity contribution in [2.75, 3.05) is 13.2 Å². The molecule has 3 heterocycles. The van der Waals surface area contributed by atoms with E-state index in [1.165, 1.54) is 0 Å². The molecule has 0 spiro atoms. The van der Waals surface area contributed by atoms with Crippen LogP contribution in [-0.4, -0.2) is 33.9 Å². The molecule has 0 saturated carbocycles. The Kier molecular flexibility index (Phi) is 4.97. The summed E-state index contributed by atoms with van der Waals surface area (Å²) in [5.74, 6) is -0.103. The van der Waals surface area contributed by atoms with Crippen LogP contribution in [0.2, 0.25) is 0 Å². The normalized spacial score (nSPS) is 16.3. The number of benzene rings is 1. The fourth-order valence-electron chi connectivity index (χ4n) is 4.03. The van der Waals surface area contributed by atoms with Gasteiger partial charge >= 0.3 is 0 Å². The third-order valence-electron chi connectivity index (χ3n) is 5.42. The van der Waals surface area contributed by atoms with Crippen molar-refractivity contribution in [3.63, 3.8) is 0 Å². The first-order chi connectivity index (χ1) is 13.4. The number of carbonyl (C=O) groups excluding carboxylic acids is 1. The number of halogens is 1. The van der Waals surface area contributed by atoms with Gasteiger partial charge in [-0.3, -0.25) is 9.48 Å². The summed E-state index contributed by atoms with van der Waals surface area (Å²) in [6, 6.07) is 9.99. The molecule has 1 fully saturated rings. The van der Waals surface area contributed by atoms with Crippen LogP contribution < -0.4 is 5.32 Å². The lowest BCUT2D eigenvalue weighted by Gasteiger charge is -2.38. The standard InChI is InChI=1S/C21H23BrN4O2/c1-13-11-17(18-14(2)25-26(3)19(18)23-13)20(27)24-21(7-9-28-10-8-21)15-5-4-6-16(22)12-15/h4-6,11-12H,7-10H2,1-3H3,(H,24,27). The fourth-order valence-corrected chi connectivity index (χ4v) is 4.42. The second kappa shape index (κ2) is 7.29. The summed E-state index contributed by atoms with van der Waals surface area (Å²) in [7, 11) is 1.85. The molecule has 4 rings (SSSR count). The molecular weight excluding hydrogens is 420 g/mol. The van der Waals surface area contributed by atoms with E-state index in [1.54, 1.807) is 4.68 Å². The highest BCUT2D eigenvalue weighted by Gasteiger charge is 2.37. The van der Waals surface area contributed by atoms with E-state index in [0.717, 1.165) is 45.3 Å². The van der Waals surface area contributed by atoms with Gasteiger partial charge in [0.2, 0.25) is 0 Å². The molecule has 1 aliphatic heterocycles. The molecule has 28 heavy (non-hydrogen) atoms. The highest BCUT2D eigenvalue weighted by Crippen LogP contribution is 2.34. The highest BCUT2D eigenvalue weighted by molar-refractivity contribution is 9.10. The number of hydrogen-bond acceptors (Lipinski definition) is 4. The third-order valence-corrected chi connectivity index (χ3v) is 5.91. The molecule has 6 nitrogen and oxygen atoms in total. The number of ether oxygens (including phenoxy) is 1. The lowest BCUT2D eigenvalue weighted by atomic mass is 9.82. The van der Waals surface area contributed by atoms with Gasteiger partial charge in [-0.15, -0.1) is 0 Å². The molecule has 2 aromatic heterocycles. The summed E-state index contributed by atoms with van der Waals surface area (Å²) in [6.07, 6.45) is 1.46. The second-order valence-electron chi connectivity index (χ2n) is 7.38. The van der Waals surface area contributed by atoms with Gasteiger partial charge in [0.05, 0.1) is 22.2 Å². The number of rotatable bonds is 3. The van der Waals surface area contributed by atoms with Crippen molar-refractivity contribution in [3.05, 3.63) is 57.3 Å². The monoisotopic (exact) mass is 442 g/mol. The van der Waals surface area contributed by atoms with Gasteiger partial charge in [-0.05, 0) is 50.5 Å². The molecule has 3 aromatic rings. The van der Waals surface area contributed by atoms with Crippen molar-refractivity contribution in [1.82, 2.24) is 20.1 Å². The van der Waals surface area contributed by atoms with Crippen molar-refractivity contribution in [1.29, 1.82) is 0 Å². The molecule has 0 unspecified atom stereocenters. The maximum absolute atomic E-state index is 13.5. The van der Waals surface area contributed by atoms with Crippen LogP contribution in [0.1, 0.15) is 40.2 Å². The molecule has 0 atom stereocenters. The van der Waals surface area contributed by atoms with Crippen molar-refractivity contribution in [3.8, 4) is 0 Å². The molecule has 0 bridgehead atoms. The Hall–Kier alpha value is -2.25. The highest BCUT2D eigenvalue weighted by atomic mass is 79.9. The van der Waals surface area contributed by atoms with Crippen LogP contribution >= 0.6 is 15.9 Å². The van der Waals surface area contributed by atoms with E-state index >= 15 is 0 Å². The molecule has 0 radical (unpaired) electrons. The topological polar surface area (TPSA) is 69.0 Å². The lowest BCUT2D eigenvalue weighted by Crippen LogP contribution is -2.49. The van der Waals surface area contributed by atoms with Gasteiger partial charge in [0, 0.05) is 30.4 Å². The maximum atomic E-state index is 13.5. The number of nitrogens with zero attached hydrogens (tertiary/aromatic N) is 3. The quantitative estimate of drug-likeness (QED) is 0.669. The number of aryl methyl sites for hydroxylation is 3. The van der Waals surface area contributed by atoms with Gasteiger partial charge < -0.3 is 10.1 Å². The number of aromatic nitrogens is 3. The van der Waals surface area contributed by atoms with Crippen LogP contribution in [0, 0.1) is 13.8 Å². The summed E-state index contributed by atoms with van der Waals surface area (Å²) >= 11 is 3.56. The number of amides is 1. The smallest absolute Gasteiger partial charge is 0.252 e. The van der Waals surface area contributed by atoms with E-state index in [1.807, 2.05) is 39.1 Å². The van der Waals surface area contributed by atoms with Gasteiger partial charge in [0.25, 0.3) is 5.91 Å². The van der Waals surface area contributed by atoms with E-state index in [9.17, 15) is 4.79 Å². The van der Waals surface area contributed by atoms with Gasteiger partial charge in [-0.1, -0.05) is 28.1 Å². The van der Waals surface area contributed by atoms with Crippen molar-refractivity contribution < 1.29 is 9.53 Å². The minimum atomic E-state index is -0.460. The summed E-state index contributed by atoms with van der Waals surface area (Å²) in [5, 5.41) is 8.61. The Morgan fingerprint density at radius 3 is 2.71 bits per heavy atom. The number of pyridine rings is 1. The zero-order chi connectivity index (χ0) is 19.9. The summed E-state index contributed by atoms with van der Waals surface area (Å²) in [5.41, 5.74) is 3.57. The third kappa shape index (κ3) is 3.33. The van der Waals surface area contributed by atoms with Crippen LogP contribution in [0.15, 0.2) is 34.8 Å². The van der Waals surface area contributed by atoms with Gasteiger partial charge in [-0.2, -0.15) is 5.10 Å². The molecule has 146 valence electrons. The molecule has 1 amide bonds. The predicted molar refractivity (Wildman–Crippen MR) is 111 cm³/mol. The van der Waals surface area contributed by atoms with Crippen molar-refractivity contribution in [2.45, 2.75) is 32.2 Å². The minimum Gasteiger partial charge on any atom is -0.381 e. The first-order valence-electron chi connectivity index (χ1n) is 9.37. The summed E-state index contributed by atoms with van der Waals surface area (Å²) in [6.45, 7) is 5.04. The van der Waals surface area contributed by atoms with Crippen LogP contribution in [0.5, 0.6) is 0 Å². The van der Waals surface area contributed by atoms with Gasteiger partial charge in [0.1, 0.15) is 0 Å².